The second-order valence-corrected chi connectivity index (χ2v) is 5.15. The van der Waals surface area contributed by atoms with Crippen molar-refractivity contribution < 1.29 is 5.11 Å². The predicted octanol–water partition coefficient (Wildman–Crippen LogP) is 1.68. The van der Waals surface area contributed by atoms with Crippen LogP contribution in [0, 0.1) is 0 Å². The highest BCUT2D eigenvalue weighted by Crippen LogP contribution is 2.25. The van der Waals surface area contributed by atoms with Crippen LogP contribution in [0.2, 0.25) is 0 Å². The molecule has 0 heterocycles. The van der Waals surface area contributed by atoms with Crippen LogP contribution in [0.4, 0.5) is 0 Å². The summed E-state index contributed by atoms with van der Waals surface area (Å²) in [5.74, 6) is 0. The molecular formula is C12H24N2OS. The van der Waals surface area contributed by atoms with Crippen LogP contribution in [0.5, 0.6) is 0 Å². The Bertz CT molecular complexity index is 207. The van der Waals surface area contributed by atoms with Gasteiger partial charge in [-0.2, -0.15) is 0 Å². The number of aliphatic hydroxyl groups excluding tert-OH is 1. The number of nitrogens with two attached hydrogens (primary N) is 1. The van der Waals surface area contributed by atoms with Crippen molar-refractivity contribution in [2.75, 3.05) is 19.7 Å². The van der Waals surface area contributed by atoms with E-state index in [1.54, 1.807) is 0 Å². The maximum absolute atomic E-state index is 8.87. The zero-order chi connectivity index (χ0) is 11.8. The third kappa shape index (κ3) is 5.23. The average Bonchev–Trinajstić information content (AvgIpc) is 2.17. The first-order valence-corrected chi connectivity index (χ1v) is 6.78. The lowest BCUT2D eigenvalue weighted by Gasteiger charge is -2.37. The summed E-state index contributed by atoms with van der Waals surface area (Å²) in [6.07, 6.45) is 8.06. The number of hydrogen-bond acceptors (Lipinski definition) is 3. The first kappa shape index (κ1) is 13.9. The molecule has 0 aromatic carbocycles. The summed E-state index contributed by atoms with van der Waals surface area (Å²) in [5, 5.41) is 8.87. The summed E-state index contributed by atoms with van der Waals surface area (Å²) in [6, 6.07) is 0.774. The van der Waals surface area contributed by atoms with Crippen molar-refractivity contribution in [2.45, 2.75) is 51.0 Å². The number of thiocarbonyl (C=S) groups is 1. The van der Waals surface area contributed by atoms with E-state index < -0.39 is 0 Å². The number of hydrogen-bond donors (Lipinski definition) is 2. The zero-order valence-corrected chi connectivity index (χ0v) is 10.8. The van der Waals surface area contributed by atoms with Gasteiger partial charge in [0, 0.05) is 19.2 Å². The minimum absolute atomic E-state index is 0.302. The van der Waals surface area contributed by atoms with Gasteiger partial charge in [0.05, 0.1) is 4.99 Å². The lowest BCUT2D eigenvalue weighted by atomic mass is 9.91. The summed E-state index contributed by atoms with van der Waals surface area (Å²) < 4.78 is 0. The van der Waals surface area contributed by atoms with E-state index in [1.165, 1.54) is 25.7 Å². The first-order chi connectivity index (χ1) is 7.74. The molecule has 1 rings (SSSR count). The van der Waals surface area contributed by atoms with Crippen molar-refractivity contribution in [1.82, 2.24) is 4.90 Å². The third-order valence-corrected chi connectivity index (χ3v) is 3.52. The van der Waals surface area contributed by atoms with Gasteiger partial charge >= 0.3 is 0 Å². The second kappa shape index (κ2) is 7.98. The molecule has 94 valence electrons. The number of aliphatic hydroxyl groups is 1. The van der Waals surface area contributed by atoms with Gasteiger partial charge in [-0.25, -0.2) is 0 Å². The second-order valence-electron chi connectivity index (χ2n) is 4.62. The normalized spacial score (nSPS) is 16.4. The maximum atomic E-state index is 8.87. The minimum Gasteiger partial charge on any atom is -0.396 e. The van der Waals surface area contributed by atoms with E-state index in [9.17, 15) is 0 Å². The van der Waals surface area contributed by atoms with Gasteiger partial charge < -0.3 is 15.7 Å². The molecule has 0 bridgehead atoms. The highest BCUT2D eigenvalue weighted by Gasteiger charge is 2.23. The molecule has 1 aliphatic carbocycles. The molecule has 0 aromatic rings. The molecule has 0 atom stereocenters. The molecule has 1 saturated carbocycles. The largest absolute Gasteiger partial charge is 0.396 e. The van der Waals surface area contributed by atoms with Crippen LogP contribution in [-0.4, -0.2) is 40.7 Å². The van der Waals surface area contributed by atoms with Crippen molar-refractivity contribution in [3.05, 3.63) is 0 Å². The van der Waals surface area contributed by atoms with Gasteiger partial charge in [-0.15, -0.1) is 0 Å². The van der Waals surface area contributed by atoms with Gasteiger partial charge in [0.25, 0.3) is 0 Å². The van der Waals surface area contributed by atoms with Gasteiger partial charge in [0.1, 0.15) is 0 Å². The van der Waals surface area contributed by atoms with E-state index in [1.807, 2.05) is 0 Å². The fraction of sp³-hybridized carbons (Fsp3) is 0.917. The predicted molar refractivity (Wildman–Crippen MR) is 71.6 cm³/mol. The van der Waals surface area contributed by atoms with Crippen LogP contribution in [0.15, 0.2) is 0 Å². The third-order valence-electron chi connectivity index (χ3n) is 3.31. The van der Waals surface area contributed by atoms with Crippen LogP contribution >= 0.6 is 12.2 Å². The smallest absolute Gasteiger partial charge is 0.0727 e. The van der Waals surface area contributed by atoms with Crippen LogP contribution in [0.25, 0.3) is 0 Å². The van der Waals surface area contributed by atoms with Crippen molar-refractivity contribution in [3.63, 3.8) is 0 Å². The molecule has 0 radical (unpaired) electrons. The van der Waals surface area contributed by atoms with E-state index in [0.29, 0.717) is 11.6 Å². The average molecular weight is 244 g/mol. The highest BCUT2D eigenvalue weighted by atomic mass is 32.1. The molecule has 1 fully saturated rings. The fourth-order valence-corrected chi connectivity index (χ4v) is 2.26. The molecule has 1 aliphatic rings. The fourth-order valence-electron chi connectivity index (χ4n) is 2.12. The number of nitrogens with zero attached hydrogens (tertiary/aromatic N) is 1. The Balaban J connectivity index is 2.13. The lowest BCUT2D eigenvalue weighted by molar-refractivity contribution is 0.115. The monoisotopic (exact) mass is 244 g/mol. The molecule has 0 unspecified atom stereocenters. The molecule has 3 N–H and O–H groups in total. The van der Waals surface area contributed by atoms with Gasteiger partial charge in [-0.3, -0.25) is 0 Å². The molecule has 0 saturated heterocycles. The van der Waals surface area contributed by atoms with Crippen LogP contribution < -0.4 is 5.73 Å². The van der Waals surface area contributed by atoms with Gasteiger partial charge in [0.15, 0.2) is 0 Å². The summed E-state index contributed by atoms with van der Waals surface area (Å²) >= 11 is 4.86. The first-order valence-electron chi connectivity index (χ1n) is 6.37. The summed E-state index contributed by atoms with van der Waals surface area (Å²) in [4.78, 5) is 3.16. The quantitative estimate of drug-likeness (QED) is 0.478. The van der Waals surface area contributed by atoms with Gasteiger partial charge in [-0.05, 0) is 45.1 Å². The zero-order valence-electron chi connectivity index (χ0n) is 10.0. The molecule has 0 amide bonds. The Morgan fingerprint density at radius 1 is 1.25 bits per heavy atom. The maximum Gasteiger partial charge on any atom is 0.0727 e. The Morgan fingerprint density at radius 2 is 1.94 bits per heavy atom. The Hall–Kier alpha value is -0.190. The number of unbranched alkanes of at least 4 members (excludes halogenated alkanes) is 1. The van der Waals surface area contributed by atoms with Crippen molar-refractivity contribution in [1.29, 1.82) is 0 Å². The Morgan fingerprint density at radius 3 is 2.44 bits per heavy atom. The molecule has 4 heteroatoms. The van der Waals surface area contributed by atoms with E-state index in [-0.39, 0.29) is 0 Å². The van der Waals surface area contributed by atoms with E-state index in [0.717, 1.165) is 38.4 Å². The van der Waals surface area contributed by atoms with Gasteiger partial charge in [0.2, 0.25) is 0 Å². The van der Waals surface area contributed by atoms with Crippen LogP contribution in [0.3, 0.4) is 0 Å². The summed E-state index contributed by atoms with van der Waals surface area (Å²) in [6.45, 7) is 2.47. The summed E-state index contributed by atoms with van der Waals surface area (Å²) in [5.41, 5.74) is 5.47. The van der Waals surface area contributed by atoms with Crippen molar-refractivity contribution >= 4 is 17.2 Å². The number of rotatable bonds is 9. The molecule has 0 aromatic heterocycles. The highest BCUT2D eigenvalue weighted by molar-refractivity contribution is 7.80. The SMILES string of the molecule is NC(=S)CCCCN(CCCO)C1CCC1. The van der Waals surface area contributed by atoms with Gasteiger partial charge in [-0.1, -0.05) is 18.6 Å². The van der Waals surface area contributed by atoms with Crippen molar-refractivity contribution in [3.8, 4) is 0 Å². The van der Waals surface area contributed by atoms with Crippen LogP contribution in [-0.2, 0) is 0 Å². The topological polar surface area (TPSA) is 49.5 Å². The van der Waals surface area contributed by atoms with E-state index in [2.05, 4.69) is 4.90 Å². The Kier molecular flexibility index (Phi) is 6.92. The summed E-state index contributed by atoms with van der Waals surface area (Å²) in [7, 11) is 0. The van der Waals surface area contributed by atoms with E-state index in [4.69, 9.17) is 23.1 Å². The molecule has 0 spiro atoms. The lowest BCUT2D eigenvalue weighted by Crippen LogP contribution is -2.41. The van der Waals surface area contributed by atoms with Crippen LogP contribution in [0.1, 0.15) is 44.9 Å². The molecule has 0 aliphatic heterocycles. The van der Waals surface area contributed by atoms with Crippen molar-refractivity contribution in [2.24, 2.45) is 5.73 Å². The molecule has 16 heavy (non-hydrogen) atoms. The Labute approximate surface area is 104 Å². The van der Waals surface area contributed by atoms with E-state index >= 15 is 0 Å². The molecule has 3 nitrogen and oxygen atoms in total. The minimum atomic E-state index is 0.302. The molecular weight excluding hydrogens is 220 g/mol. The standard InChI is InChI=1S/C12H24N2OS/c13-12(16)7-1-2-8-14(9-4-10-15)11-5-3-6-11/h11,15H,1-10H2,(H2,13,16).